The van der Waals surface area contributed by atoms with Crippen molar-refractivity contribution < 1.29 is 14.6 Å². The van der Waals surface area contributed by atoms with Crippen LogP contribution in [0.4, 0.5) is 0 Å². The molecule has 0 aliphatic rings. The molecule has 2 aromatic rings. The minimum absolute atomic E-state index is 0.210. The number of hydrogen-bond donors (Lipinski definition) is 1. The predicted molar refractivity (Wildman–Crippen MR) is 53.1 cm³/mol. The number of aromatic nitrogens is 1. The monoisotopic (exact) mass is 209 g/mol. The van der Waals surface area contributed by atoms with Crippen LogP contribution in [0.5, 0.6) is 5.06 Å². The van der Waals surface area contributed by atoms with E-state index in [0.29, 0.717) is 10.6 Å². The van der Waals surface area contributed by atoms with Crippen LogP contribution in [0.25, 0.3) is 10.9 Å². The average Bonchev–Trinajstić information content (AvgIpc) is 2.59. The van der Waals surface area contributed by atoms with Gasteiger partial charge in [0.15, 0.2) is 0 Å². The highest BCUT2D eigenvalue weighted by atomic mass is 32.1. The molecule has 0 aliphatic heterocycles. The molecule has 1 aromatic carbocycles. The highest BCUT2D eigenvalue weighted by Gasteiger charge is 2.13. The van der Waals surface area contributed by atoms with Crippen LogP contribution in [0.15, 0.2) is 18.2 Å². The second kappa shape index (κ2) is 3.26. The number of hydrogen-bond acceptors (Lipinski definition) is 4. The Balaban J connectivity index is 2.76. The van der Waals surface area contributed by atoms with Crippen molar-refractivity contribution >= 4 is 28.4 Å². The van der Waals surface area contributed by atoms with Crippen LogP contribution < -0.4 is 4.74 Å². The molecule has 0 saturated carbocycles. The summed E-state index contributed by atoms with van der Waals surface area (Å²) >= 11 is 1.16. The van der Waals surface area contributed by atoms with E-state index in [9.17, 15) is 4.79 Å². The summed E-state index contributed by atoms with van der Waals surface area (Å²) in [6.45, 7) is 0. The first-order valence-corrected chi connectivity index (χ1v) is 4.67. The van der Waals surface area contributed by atoms with E-state index in [1.807, 2.05) is 0 Å². The summed E-state index contributed by atoms with van der Waals surface area (Å²) in [5.74, 6) is -0.969. The Bertz CT molecular complexity index is 492. The number of carboxylic acids is 1. The Morgan fingerprint density at radius 2 is 2.36 bits per heavy atom. The van der Waals surface area contributed by atoms with Crippen LogP contribution in [-0.4, -0.2) is 22.6 Å². The molecule has 72 valence electrons. The molecular weight excluding hydrogens is 202 g/mol. The zero-order valence-electron chi connectivity index (χ0n) is 7.35. The minimum Gasteiger partial charge on any atom is -0.486 e. The number of rotatable bonds is 2. The largest absolute Gasteiger partial charge is 0.486 e. The number of benzene rings is 1. The van der Waals surface area contributed by atoms with Crippen LogP contribution in [-0.2, 0) is 0 Å². The van der Waals surface area contributed by atoms with Gasteiger partial charge in [-0.05, 0) is 12.1 Å². The first-order chi connectivity index (χ1) is 6.74. The fourth-order valence-corrected chi connectivity index (χ4v) is 1.97. The Morgan fingerprint density at radius 1 is 1.57 bits per heavy atom. The van der Waals surface area contributed by atoms with Crippen molar-refractivity contribution in [3.63, 3.8) is 0 Å². The molecule has 1 N–H and O–H groups in total. The van der Waals surface area contributed by atoms with Gasteiger partial charge in [-0.25, -0.2) is 4.79 Å². The van der Waals surface area contributed by atoms with Gasteiger partial charge >= 0.3 is 5.97 Å². The molecule has 2 rings (SSSR count). The molecule has 0 radical (unpaired) electrons. The Kier molecular flexibility index (Phi) is 2.09. The third-order valence-corrected chi connectivity index (χ3v) is 2.72. The summed E-state index contributed by atoms with van der Waals surface area (Å²) in [5.41, 5.74) is 0.698. The zero-order chi connectivity index (χ0) is 10.1. The van der Waals surface area contributed by atoms with Crippen molar-refractivity contribution in [3.8, 4) is 5.06 Å². The smallest absolute Gasteiger partial charge is 0.337 e. The molecule has 4 nitrogen and oxygen atoms in total. The molecule has 5 heteroatoms. The number of ether oxygens (including phenoxy) is 1. The number of aromatic carboxylic acids is 1. The number of fused-ring (bicyclic) bond motifs is 1. The van der Waals surface area contributed by atoms with Crippen LogP contribution in [0.1, 0.15) is 10.4 Å². The number of carbonyl (C=O) groups is 1. The summed E-state index contributed by atoms with van der Waals surface area (Å²) in [6.07, 6.45) is 0. The van der Waals surface area contributed by atoms with Gasteiger partial charge in [-0.1, -0.05) is 6.07 Å². The van der Waals surface area contributed by atoms with Gasteiger partial charge in [-0.15, -0.1) is 0 Å². The predicted octanol–water partition coefficient (Wildman–Crippen LogP) is 2.00. The van der Waals surface area contributed by atoms with Crippen molar-refractivity contribution in [3.05, 3.63) is 23.8 Å². The molecule has 0 atom stereocenters. The van der Waals surface area contributed by atoms with E-state index in [-0.39, 0.29) is 5.56 Å². The lowest BCUT2D eigenvalue weighted by atomic mass is 10.1. The molecule has 1 aromatic heterocycles. The fraction of sp³-hybridized carbons (Fsp3) is 0.111. The van der Waals surface area contributed by atoms with Gasteiger partial charge in [0.25, 0.3) is 0 Å². The van der Waals surface area contributed by atoms with Crippen molar-refractivity contribution in [2.75, 3.05) is 7.11 Å². The number of nitrogens with zero attached hydrogens (tertiary/aromatic N) is 1. The summed E-state index contributed by atoms with van der Waals surface area (Å²) in [5, 5.41) is 10.3. The molecule has 0 unspecified atom stereocenters. The van der Waals surface area contributed by atoms with Crippen LogP contribution >= 0.6 is 11.5 Å². The van der Waals surface area contributed by atoms with Crippen LogP contribution in [0.2, 0.25) is 0 Å². The maximum absolute atomic E-state index is 10.8. The fourth-order valence-electron chi connectivity index (χ4n) is 1.26. The van der Waals surface area contributed by atoms with E-state index >= 15 is 0 Å². The van der Waals surface area contributed by atoms with Gasteiger partial charge < -0.3 is 9.84 Å². The van der Waals surface area contributed by atoms with E-state index in [1.54, 1.807) is 19.2 Å². The maximum Gasteiger partial charge on any atom is 0.337 e. The number of carboxylic acid groups (broad SMARTS) is 1. The summed E-state index contributed by atoms with van der Waals surface area (Å²) in [7, 11) is 1.54. The topological polar surface area (TPSA) is 59.4 Å². The van der Waals surface area contributed by atoms with E-state index < -0.39 is 5.97 Å². The lowest BCUT2D eigenvalue weighted by Gasteiger charge is -1.96. The zero-order valence-corrected chi connectivity index (χ0v) is 8.17. The highest BCUT2D eigenvalue weighted by molar-refractivity contribution is 7.09. The second-order valence-corrected chi connectivity index (χ2v) is 3.42. The first kappa shape index (κ1) is 8.96. The van der Waals surface area contributed by atoms with E-state index in [2.05, 4.69) is 4.37 Å². The molecule has 0 aliphatic carbocycles. The van der Waals surface area contributed by atoms with E-state index in [1.165, 1.54) is 6.07 Å². The van der Waals surface area contributed by atoms with Crippen LogP contribution in [0, 0.1) is 0 Å². The SMILES string of the molecule is COc1snc2c(C(=O)O)cccc12. The van der Waals surface area contributed by atoms with E-state index in [4.69, 9.17) is 9.84 Å². The molecule has 0 fully saturated rings. The molecule has 1 heterocycles. The van der Waals surface area contributed by atoms with Crippen molar-refractivity contribution in [1.29, 1.82) is 0 Å². The van der Waals surface area contributed by atoms with Gasteiger partial charge in [0.1, 0.15) is 5.52 Å². The van der Waals surface area contributed by atoms with Gasteiger partial charge in [0, 0.05) is 11.5 Å². The third-order valence-electron chi connectivity index (χ3n) is 1.89. The van der Waals surface area contributed by atoms with Gasteiger partial charge in [0.05, 0.1) is 18.1 Å². The lowest BCUT2D eigenvalue weighted by molar-refractivity contribution is 0.0699. The first-order valence-electron chi connectivity index (χ1n) is 3.89. The molecular formula is C9H7NO3S. The molecule has 14 heavy (non-hydrogen) atoms. The Labute approximate surface area is 83.9 Å². The standard InChI is InChI=1S/C9H7NO3S/c1-13-9-6-4-2-3-5(8(11)12)7(6)10-14-9/h2-4H,1H3,(H,11,12). The average molecular weight is 209 g/mol. The van der Waals surface area contributed by atoms with Crippen LogP contribution in [0.3, 0.4) is 0 Å². The van der Waals surface area contributed by atoms with E-state index in [0.717, 1.165) is 16.9 Å². The molecule has 0 amide bonds. The summed E-state index contributed by atoms with van der Waals surface area (Å²) in [6, 6.07) is 5.01. The normalized spacial score (nSPS) is 10.4. The molecule has 0 spiro atoms. The van der Waals surface area contributed by atoms with Gasteiger partial charge in [-0.2, -0.15) is 4.37 Å². The van der Waals surface area contributed by atoms with Gasteiger partial charge in [0.2, 0.25) is 5.06 Å². The molecule has 0 saturated heterocycles. The third kappa shape index (κ3) is 1.22. The van der Waals surface area contributed by atoms with Gasteiger partial charge in [-0.3, -0.25) is 0 Å². The lowest BCUT2D eigenvalue weighted by Crippen LogP contribution is -1.96. The Morgan fingerprint density at radius 3 is 3.00 bits per heavy atom. The summed E-state index contributed by atoms with van der Waals surface area (Å²) < 4.78 is 9.11. The quantitative estimate of drug-likeness (QED) is 0.821. The van der Waals surface area contributed by atoms with Crippen molar-refractivity contribution in [1.82, 2.24) is 4.37 Å². The highest BCUT2D eigenvalue weighted by Crippen LogP contribution is 2.31. The molecule has 0 bridgehead atoms. The van der Waals surface area contributed by atoms with Crippen molar-refractivity contribution in [2.45, 2.75) is 0 Å². The summed E-state index contributed by atoms with van der Waals surface area (Å²) in [4.78, 5) is 10.8. The minimum atomic E-state index is -0.969. The van der Waals surface area contributed by atoms with Crippen molar-refractivity contribution in [2.24, 2.45) is 0 Å². The Hall–Kier alpha value is -1.62. The number of methoxy groups -OCH3 is 1. The second-order valence-electron chi connectivity index (χ2n) is 2.68. The maximum atomic E-state index is 10.8.